The smallest absolute Gasteiger partial charge is 0.182 e. The minimum Gasteiger partial charge on any atom is -0.327 e. The summed E-state index contributed by atoms with van der Waals surface area (Å²) in [4.78, 5) is 0.0253. The van der Waals surface area contributed by atoms with E-state index < -0.39 is 26.9 Å². The molecule has 2 atom stereocenters. The summed E-state index contributed by atoms with van der Waals surface area (Å²) in [6, 6.07) is 3.02. The summed E-state index contributed by atoms with van der Waals surface area (Å²) in [5, 5.41) is -0.867. The first-order valence-electron chi connectivity index (χ1n) is 6.29. The van der Waals surface area contributed by atoms with E-state index in [9.17, 15) is 12.8 Å². The van der Waals surface area contributed by atoms with E-state index in [1.165, 1.54) is 6.07 Å². The minimum atomic E-state index is -3.59. The van der Waals surface area contributed by atoms with Gasteiger partial charge < -0.3 is 5.73 Å². The first-order valence-corrected chi connectivity index (χ1v) is 8.21. The molecule has 3 nitrogen and oxygen atoms in total. The fraction of sp³-hybridized carbons (Fsp3) is 0.538. The number of hydrogen-bond donors (Lipinski definition) is 1. The third kappa shape index (κ3) is 3.68. The van der Waals surface area contributed by atoms with Gasteiger partial charge in [0.2, 0.25) is 0 Å². The van der Waals surface area contributed by atoms with Crippen LogP contribution in [0.4, 0.5) is 4.39 Å². The lowest BCUT2D eigenvalue weighted by atomic mass is 10.1. The molecule has 0 bridgehead atoms. The fourth-order valence-corrected chi connectivity index (χ4v) is 4.27. The van der Waals surface area contributed by atoms with Gasteiger partial charge in [0.05, 0.1) is 15.2 Å². The topological polar surface area (TPSA) is 60.2 Å². The maximum Gasteiger partial charge on any atom is 0.182 e. The van der Waals surface area contributed by atoms with Crippen molar-refractivity contribution in [2.45, 2.75) is 49.3 Å². The predicted molar refractivity (Wildman–Crippen MR) is 75.6 cm³/mol. The third-order valence-corrected chi connectivity index (χ3v) is 5.80. The van der Waals surface area contributed by atoms with Crippen molar-refractivity contribution >= 4 is 21.4 Å². The Morgan fingerprint density at radius 2 is 2.00 bits per heavy atom. The van der Waals surface area contributed by atoms with Crippen molar-refractivity contribution in [3.8, 4) is 0 Å². The second-order valence-electron chi connectivity index (χ2n) is 4.52. The molecule has 2 N–H and O–H groups in total. The molecule has 0 spiro atoms. The molecule has 2 unspecified atom stereocenters. The number of hydrogen-bond acceptors (Lipinski definition) is 3. The van der Waals surface area contributed by atoms with Crippen LogP contribution in [0.2, 0.25) is 5.02 Å². The van der Waals surface area contributed by atoms with E-state index in [-0.39, 0.29) is 9.92 Å². The van der Waals surface area contributed by atoms with Gasteiger partial charge in [-0.2, -0.15) is 0 Å². The Labute approximate surface area is 118 Å². The molecule has 0 saturated heterocycles. The summed E-state index contributed by atoms with van der Waals surface area (Å²) in [5.74, 6) is -0.633. The molecular formula is C13H19ClFNO2S. The summed E-state index contributed by atoms with van der Waals surface area (Å²) in [5.41, 5.74) is 5.94. The van der Waals surface area contributed by atoms with Gasteiger partial charge in [-0.1, -0.05) is 31.9 Å². The maximum atomic E-state index is 13.1. The molecule has 0 fully saturated rings. The highest BCUT2D eigenvalue weighted by molar-refractivity contribution is 7.92. The van der Waals surface area contributed by atoms with Crippen molar-refractivity contribution in [1.29, 1.82) is 0 Å². The standard InChI is InChI=1S/C13H19ClFNO2S/c1-3-5-12(16)13(4-2)19(17,18)9-6-7-11(15)10(14)8-9/h6-8,12-13H,3-5,16H2,1-2H3. The van der Waals surface area contributed by atoms with Gasteiger partial charge in [-0.15, -0.1) is 0 Å². The summed E-state index contributed by atoms with van der Waals surface area (Å²) in [7, 11) is -3.59. The highest BCUT2D eigenvalue weighted by atomic mass is 35.5. The average molecular weight is 308 g/mol. The highest BCUT2D eigenvalue weighted by Gasteiger charge is 2.31. The first-order chi connectivity index (χ1) is 8.84. The average Bonchev–Trinajstić information content (AvgIpc) is 2.33. The van der Waals surface area contributed by atoms with Crippen LogP contribution in [0.3, 0.4) is 0 Å². The second-order valence-corrected chi connectivity index (χ2v) is 7.09. The van der Waals surface area contributed by atoms with Gasteiger partial charge in [0, 0.05) is 6.04 Å². The van der Waals surface area contributed by atoms with Crippen LogP contribution in [0, 0.1) is 5.82 Å². The third-order valence-electron chi connectivity index (χ3n) is 3.12. The minimum absolute atomic E-state index is 0.0253. The first kappa shape index (κ1) is 16.4. The lowest BCUT2D eigenvalue weighted by molar-refractivity contribution is 0.516. The lowest BCUT2D eigenvalue weighted by Crippen LogP contribution is -2.40. The van der Waals surface area contributed by atoms with Crippen LogP contribution in [0.25, 0.3) is 0 Å². The van der Waals surface area contributed by atoms with E-state index in [1.807, 2.05) is 6.92 Å². The Balaban J connectivity index is 3.16. The fourth-order valence-electron chi connectivity index (χ4n) is 2.10. The Morgan fingerprint density at radius 3 is 2.47 bits per heavy atom. The Kier molecular flexibility index (Phi) is 5.77. The largest absolute Gasteiger partial charge is 0.327 e. The zero-order chi connectivity index (χ0) is 14.6. The van der Waals surface area contributed by atoms with Crippen LogP contribution in [0.15, 0.2) is 23.1 Å². The molecule has 108 valence electrons. The maximum absolute atomic E-state index is 13.1. The van der Waals surface area contributed by atoms with Crippen LogP contribution in [-0.4, -0.2) is 19.7 Å². The van der Waals surface area contributed by atoms with Gasteiger partial charge in [-0.25, -0.2) is 12.8 Å². The van der Waals surface area contributed by atoms with Crippen LogP contribution >= 0.6 is 11.6 Å². The van der Waals surface area contributed by atoms with Gasteiger partial charge in [0.1, 0.15) is 5.82 Å². The number of halogens is 2. The Hall–Kier alpha value is -0.650. The van der Waals surface area contributed by atoms with Crippen LogP contribution in [0.5, 0.6) is 0 Å². The Morgan fingerprint density at radius 1 is 1.37 bits per heavy atom. The molecule has 0 radical (unpaired) electrons. The number of benzene rings is 1. The molecule has 1 aromatic rings. The van der Waals surface area contributed by atoms with Gasteiger partial charge in [0.25, 0.3) is 0 Å². The van der Waals surface area contributed by atoms with Crippen LogP contribution in [-0.2, 0) is 9.84 Å². The van der Waals surface area contributed by atoms with Crippen molar-refractivity contribution in [1.82, 2.24) is 0 Å². The predicted octanol–water partition coefficient (Wildman–Crippen LogP) is 3.16. The van der Waals surface area contributed by atoms with Crippen molar-refractivity contribution in [3.05, 3.63) is 29.0 Å². The molecular weight excluding hydrogens is 289 g/mol. The zero-order valence-corrected chi connectivity index (χ0v) is 12.6. The number of sulfone groups is 1. The van der Waals surface area contributed by atoms with Crippen LogP contribution < -0.4 is 5.73 Å². The van der Waals surface area contributed by atoms with E-state index in [1.54, 1.807) is 6.92 Å². The van der Waals surface area contributed by atoms with E-state index in [2.05, 4.69) is 0 Å². The molecule has 0 amide bonds. The van der Waals surface area contributed by atoms with Crippen molar-refractivity contribution in [2.24, 2.45) is 5.73 Å². The quantitative estimate of drug-likeness (QED) is 0.821. The summed E-state index contributed by atoms with van der Waals surface area (Å²) in [6.07, 6.45) is 1.86. The van der Waals surface area contributed by atoms with Crippen molar-refractivity contribution in [3.63, 3.8) is 0 Å². The van der Waals surface area contributed by atoms with Crippen LogP contribution in [0.1, 0.15) is 33.1 Å². The SMILES string of the molecule is CCCC(N)C(CC)S(=O)(=O)c1ccc(F)c(Cl)c1. The van der Waals surface area contributed by atoms with Crippen molar-refractivity contribution in [2.75, 3.05) is 0 Å². The van der Waals surface area contributed by atoms with E-state index in [4.69, 9.17) is 17.3 Å². The molecule has 0 aromatic heterocycles. The zero-order valence-electron chi connectivity index (χ0n) is 11.1. The van der Waals surface area contributed by atoms with Gasteiger partial charge >= 0.3 is 0 Å². The Bertz CT molecular complexity index is 533. The summed E-state index contributed by atoms with van der Waals surface area (Å²) < 4.78 is 38.1. The van der Waals surface area contributed by atoms with E-state index in [0.717, 1.165) is 18.6 Å². The molecule has 0 saturated carbocycles. The molecule has 0 heterocycles. The molecule has 0 aliphatic carbocycles. The monoisotopic (exact) mass is 307 g/mol. The van der Waals surface area contributed by atoms with Gasteiger partial charge in [-0.05, 0) is 31.0 Å². The molecule has 0 aliphatic rings. The van der Waals surface area contributed by atoms with Gasteiger partial charge in [-0.3, -0.25) is 0 Å². The van der Waals surface area contributed by atoms with Crippen molar-refractivity contribution < 1.29 is 12.8 Å². The summed E-state index contributed by atoms with van der Waals surface area (Å²) >= 11 is 5.64. The molecule has 0 aliphatic heterocycles. The number of rotatable bonds is 6. The molecule has 6 heteroatoms. The molecule has 1 rings (SSSR count). The molecule has 1 aromatic carbocycles. The second kappa shape index (κ2) is 6.68. The number of nitrogens with two attached hydrogens (primary N) is 1. The highest BCUT2D eigenvalue weighted by Crippen LogP contribution is 2.25. The lowest BCUT2D eigenvalue weighted by Gasteiger charge is -2.22. The van der Waals surface area contributed by atoms with E-state index >= 15 is 0 Å². The molecule has 19 heavy (non-hydrogen) atoms. The van der Waals surface area contributed by atoms with E-state index in [0.29, 0.717) is 12.8 Å². The normalized spacial score (nSPS) is 15.2. The van der Waals surface area contributed by atoms with Gasteiger partial charge in [0.15, 0.2) is 9.84 Å². The summed E-state index contributed by atoms with van der Waals surface area (Å²) in [6.45, 7) is 3.73.